The third-order valence-electron chi connectivity index (χ3n) is 1.25. The Morgan fingerprint density at radius 1 is 1.50 bits per heavy atom. The van der Waals surface area contributed by atoms with E-state index in [0.29, 0.717) is 5.69 Å². The van der Waals surface area contributed by atoms with Gasteiger partial charge in [0.1, 0.15) is 5.69 Å². The summed E-state index contributed by atoms with van der Waals surface area (Å²) in [5.41, 5.74) is 0.575. The van der Waals surface area contributed by atoms with Gasteiger partial charge < -0.3 is 4.74 Å². The molecule has 12 heavy (non-hydrogen) atoms. The first-order valence-corrected chi connectivity index (χ1v) is 3.87. The van der Waals surface area contributed by atoms with Gasteiger partial charge in [-0.25, -0.2) is 0 Å². The first-order chi connectivity index (χ1) is 5.70. The molecule has 1 aromatic rings. The van der Waals surface area contributed by atoms with Gasteiger partial charge in [-0.3, -0.25) is 10.4 Å². The molecule has 64 valence electrons. The number of hydrogen-bond acceptors (Lipinski definition) is 3. The molecular formula is C9H12N2O. The average molecular weight is 164 g/mol. The molecule has 1 aromatic heterocycles. The van der Waals surface area contributed by atoms with Gasteiger partial charge in [0.2, 0.25) is 5.90 Å². The van der Waals surface area contributed by atoms with Gasteiger partial charge in [0.15, 0.2) is 0 Å². The van der Waals surface area contributed by atoms with Crippen molar-refractivity contribution >= 4 is 5.90 Å². The number of ether oxygens (including phenoxy) is 1. The van der Waals surface area contributed by atoms with Crippen molar-refractivity contribution in [3.63, 3.8) is 0 Å². The molecule has 1 rings (SSSR count). The maximum absolute atomic E-state index is 7.48. The molecule has 0 amide bonds. The van der Waals surface area contributed by atoms with E-state index in [0.717, 1.165) is 0 Å². The first-order valence-electron chi connectivity index (χ1n) is 3.87. The molecule has 0 fully saturated rings. The predicted molar refractivity (Wildman–Crippen MR) is 47.3 cm³/mol. The van der Waals surface area contributed by atoms with Crippen LogP contribution in [0.5, 0.6) is 0 Å². The monoisotopic (exact) mass is 164 g/mol. The van der Waals surface area contributed by atoms with Gasteiger partial charge in [-0.2, -0.15) is 0 Å². The zero-order valence-corrected chi connectivity index (χ0v) is 7.24. The van der Waals surface area contributed by atoms with Crippen molar-refractivity contribution in [2.75, 3.05) is 0 Å². The minimum atomic E-state index is 0.0273. The van der Waals surface area contributed by atoms with Crippen molar-refractivity contribution in [2.24, 2.45) is 0 Å². The van der Waals surface area contributed by atoms with E-state index in [9.17, 15) is 0 Å². The lowest BCUT2D eigenvalue weighted by Gasteiger charge is -2.08. The Labute approximate surface area is 71.9 Å². The highest BCUT2D eigenvalue weighted by Gasteiger charge is 2.04. The molecule has 0 aromatic carbocycles. The summed E-state index contributed by atoms with van der Waals surface area (Å²) in [7, 11) is 0. The number of rotatable bonds is 2. The highest BCUT2D eigenvalue weighted by atomic mass is 16.5. The van der Waals surface area contributed by atoms with E-state index < -0.39 is 0 Å². The second-order valence-electron chi connectivity index (χ2n) is 2.71. The van der Waals surface area contributed by atoms with Crippen LogP contribution in [-0.2, 0) is 4.74 Å². The third-order valence-corrected chi connectivity index (χ3v) is 1.25. The summed E-state index contributed by atoms with van der Waals surface area (Å²) >= 11 is 0. The predicted octanol–water partition coefficient (Wildman–Crippen LogP) is 1.83. The fourth-order valence-corrected chi connectivity index (χ4v) is 0.793. The lowest BCUT2D eigenvalue weighted by Crippen LogP contribution is -2.12. The lowest BCUT2D eigenvalue weighted by atomic mass is 10.3. The van der Waals surface area contributed by atoms with Crippen LogP contribution in [0.15, 0.2) is 24.4 Å². The van der Waals surface area contributed by atoms with E-state index in [2.05, 4.69) is 4.98 Å². The molecule has 1 heterocycles. The topological polar surface area (TPSA) is 46.0 Å². The van der Waals surface area contributed by atoms with Crippen LogP contribution < -0.4 is 0 Å². The van der Waals surface area contributed by atoms with Crippen LogP contribution in [0.1, 0.15) is 19.5 Å². The third kappa shape index (κ3) is 2.34. The number of nitrogens with zero attached hydrogens (tertiary/aromatic N) is 1. The lowest BCUT2D eigenvalue weighted by molar-refractivity contribution is 0.226. The molecular weight excluding hydrogens is 152 g/mol. The van der Waals surface area contributed by atoms with Crippen molar-refractivity contribution in [2.45, 2.75) is 20.0 Å². The molecule has 0 saturated heterocycles. The van der Waals surface area contributed by atoms with Gasteiger partial charge in [0, 0.05) is 6.20 Å². The quantitative estimate of drug-likeness (QED) is 0.535. The van der Waals surface area contributed by atoms with Crippen LogP contribution in [-0.4, -0.2) is 17.0 Å². The van der Waals surface area contributed by atoms with E-state index in [1.807, 2.05) is 26.0 Å². The van der Waals surface area contributed by atoms with Crippen molar-refractivity contribution in [1.82, 2.24) is 4.98 Å². The van der Waals surface area contributed by atoms with Crippen molar-refractivity contribution < 1.29 is 4.74 Å². The van der Waals surface area contributed by atoms with Crippen molar-refractivity contribution in [3.8, 4) is 0 Å². The summed E-state index contributed by atoms with van der Waals surface area (Å²) < 4.78 is 5.16. The number of aromatic nitrogens is 1. The van der Waals surface area contributed by atoms with Gasteiger partial charge in [-0.15, -0.1) is 0 Å². The number of nitrogens with one attached hydrogen (secondary N) is 1. The molecule has 0 unspecified atom stereocenters. The normalized spacial score (nSPS) is 9.92. The van der Waals surface area contributed by atoms with Crippen LogP contribution in [0, 0.1) is 5.41 Å². The molecule has 0 saturated carbocycles. The summed E-state index contributed by atoms with van der Waals surface area (Å²) in [6.45, 7) is 3.77. The summed E-state index contributed by atoms with van der Waals surface area (Å²) in [4.78, 5) is 3.98. The van der Waals surface area contributed by atoms with Gasteiger partial charge in [-0.1, -0.05) is 6.07 Å². The fraction of sp³-hybridized carbons (Fsp3) is 0.333. The van der Waals surface area contributed by atoms with E-state index in [-0.39, 0.29) is 12.0 Å². The van der Waals surface area contributed by atoms with Gasteiger partial charge in [0.25, 0.3) is 0 Å². The van der Waals surface area contributed by atoms with Crippen LogP contribution in [0.3, 0.4) is 0 Å². The van der Waals surface area contributed by atoms with Gasteiger partial charge in [-0.05, 0) is 26.0 Å². The van der Waals surface area contributed by atoms with E-state index in [4.69, 9.17) is 10.1 Å². The van der Waals surface area contributed by atoms with E-state index >= 15 is 0 Å². The van der Waals surface area contributed by atoms with Gasteiger partial charge >= 0.3 is 0 Å². The van der Waals surface area contributed by atoms with Crippen LogP contribution in [0.2, 0.25) is 0 Å². The number of hydrogen-bond donors (Lipinski definition) is 1. The second-order valence-corrected chi connectivity index (χ2v) is 2.71. The van der Waals surface area contributed by atoms with Crippen LogP contribution >= 0.6 is 0 Å². The molecule has 0 spiro atoms. The SMILES string of the molecule is CC(C)OC(=N)c1ccccn1. The highest BCUT2D eigenvalue weighted by Crippen LogP contribution is 1.99. The maximum atomic E-state index is 7.48. The molecule has 0 aliphatic rings. The fourth-order valence-electron chi connectivity index (χ4n) is 0.793. The Morgan fingerprint density at radius 3 is 2.75 bits per heavy atom. The van der Waals surface area contributed by atoms with Crippen LogP contribution in [0.25, 0.3) is 0 Å². The molecule has 3 nitrogen and oxygen atoms in total. The summed E-state index contributed by atoms with van der Waals surface area (Å²) in [5.74, 6) is 0.130. The van der Waals surface area contributed by atoms with E-state index in [1.165, 1.54) is 0 Å². The molecule has 0 atom stereocenters. The smallest absolute Gasteiger partial charge is 0.232 e. The Balaban J connectivity index is 2.66. The van der Waals surface area contributed by atoms with Gasteiger partial charge in [0.05, 0.1) is 6.10 Å². The average Bonchev–Trinajstić information content (AvgIpc) is 2.05. The van der Waals surface area contributed by atoms with Crippen LogP contribution in [0.4, 0.5) is 0 Å². The highest BCUT2D eigenvalue weighted by molar-refractivity contribution is 5.89. The molecule has 0 bridgehead atoms. The molecule has 1 N–H and O–H groups in total. The standard InChI is InChI=1S/C9H12N2O/c1-7(2)12-9(10)8-5-3-4-6-11-8/h3-7,10H,1-2H3. The van der Waals surface area contributed by atoms with E-state index in [1.54, 1.807) is 12.3 Å². The molecule has 0 aliphatic heterocycles. The van der Waals surface area contributed by atoms with Crippen molar-refractivity contribution in [1.29, 1.82) is 5.41 Å². The molecule has 0 aliphatic carbocycles. The summed E-state index contributed by atoms with van der Waals surface area (Å²) in [5, 5.41) is 7.48. The molecule has 0 radical (unpaired) electrons. The zero-order valence-electron chi connectivity index (χ0n) is 7.24. The van der Waals surface area contributed by atoms with Crippen molar-refractivity contribution in [3.05, 3.63) is 30.1 Å². The minimum Gasteiger partial charge on any atom is -0.474 e. The minimum absolute atomic E-state index is 0.0273. The largest absolute Gasteiger partial charge is 0.474 e. The zero-order chi connectivity index (χ0) is 8.97. The summed E-state index contributed by atoms with van der Waals surface area (Å²) in [6.07, 6.45) is 1.67. The number of pyridine rings is 1. The Bertz CT molecular complexity index is 256. The summed E-state index contributed by atoms with van der Waals surface area (Å²) in [6, 6.07) is 5.40. The Morgan fingerprint density at radius 2 is 2.25 bits per heavy atom. The Hall–Kier alpha value is -1.38. The molecule has 3 heteroatoms. The first kappa shape index (κ1) is 8.71. The Kier molecular flexibility index (Phi) is 2.80. The second kappa shape index (κ2) is 3.85. The maximum Gasteiger partial charge on any atom is 0.232 e.